The third-order valence-corrected chi connectivity index (χ3v) is 3.87. The molecule has 1 saturated heterocycles. The van der Waals surface area contributed by atoms with E-state index in [-0.39, 0.29) is 24.2 Å². The first-order valence-corrected chi connectivity index (χ1v) is 7.40. The molecule has 22 heavy (non-hydrogen) atoms. The SMILES string of the molecule is O=C(Cc1ccccc1F)N1CCC(Nc2cccnc2)C1. The second-order valence-electron chi connectivity index (χ2n) is 5.48. The fourth-order valence-corrected chi connectivity index (χ4v) is 2.70. The van der Waals surface area contributed by atoms with Crippen molar-refractivity contribution >= 4 is 11.6 Å². The summed E-state index contributed by atoms with van der Waals surface area (Å²) in [6, 6.07) is 10.5. The van der Waals surface area contributed by atoms with Gasteiger partial charge in [0.2, 0.25) is 5.91 Å². The van der Waals surface area contributed by atoms with Gasteiger partial charge in [-0.15, -0.1) is 0 Å². The third-order valence-electron chi connectivity index (χ3n) is 3.87. The smallest absolute Gasteiger partial charge is 0.227 e. The molecule has 1 aromatic heterocycles. The number of carbonyl (C=O) groups is 1. The van der Waals surface area contributed by atoms with Gasteiger partial charge in [0.25, 0.3) is 0 Å². The number of nitrogens with one attached hydrogen (secondary N) is 1. The van der Waals surface area contributed by atoms with E-state index in [0.29, 0.717) is 18.7 Å². The average molecular weight is 299 g/mol. The van der Waals surface area contributed by atoms with E-state index in [0.717, 1.165) is 12.1 Å². The molecule has 1 aliphatic heterocycles. The molecule has 1 fully saturated rings. The zero-order valence-corrected chi connectivity index (χ0v) is 12.2. The average Bonchev–Trinajstić information content (AvgIpc) is 2.99. The maximum Gasteiger partial charge on any atom is 0.227 e. The van der Waals surface area contributed by atoms with Crippen molar-refractivity contribution in [1.29, 1.82) is 0 Å². The number of amides is 1. The fourth-order valence-electron chi connectivity index (χ4n) is 2.70. The number of rotatable bonds is 4. The third kappa shape index (κ3) is 3.42. The Morgan fingerprint density at radius 1 is 1.32 bits per heavy atom. The van der Waals surface area contributed by atoms with E-state index in [1.165, 1.54) is 6.07 Å². The van der Waals surface area contributed by atoms with Crippen molar-refractivity contribution in [2.24, 2.45) is 0 Å². The van der Waals surface area contributed by atoms with E-state index in [9.17, 15) is 9.18 Å². The first kappa shape index (κ1) is 14.5. The molecule has 0 aliphatic carbocycles. The van der Waals surface area contributed by atoms with Gasteiger partial charge in [0.05, 0.1) is 12.1 Å². The second-order valence-corrected chi connectivity index (χ2v) is 5.48. The van der Waals surface area contributed by atoms with Crippen LogP contribution in [0.15, 0.2) is 48.8 Å². The lowest BCUT2D eigenvalue weighted by Crippen LogP contribution is -2.32. The van der Waals surface area contributed by atoms with Gasteiger partial charge in [-0.1, -0.05) is 18.2 Å². The molecule has 1 atom stereocenters. The van der Waals surface area contributed by atoms with Crippen molar-refractivity contribution < 1.29 is 9.18 Å². The Bertz CT molecular complexity index is 647. The Morgan fingerprint density at radius 3 is 2.95 bits per heavy atom. The van der Waals surface area contributed by atoms with E-state index >= 15 is 0 Å². The first-order valence-electron chi connectivity index (χ1n) is 7.40. The Hall–Kier alpha value is -2.43. The Labute approximate surface area is 129 Å². The van der Waals surface area contributed by atoms with Crippen LogP contribution in [0.4, 0.5) is 10.1 Å². The minimum absolute atomic E-state index is 0.0272. The lowest BCUT2D eigenvalue weighted by Gasteiger charge is -2.18. The van der Waals surface area contributed by atoms with Crippen LogP contribution in [0.3, 0.4) is 0 Å². The van der Waals surface area contributed by atoms with E-state index < -0.39 is 0 Å². The molecule has 1 aliphatic rings. The van der Waals surface area contributed by atoms with Crippen LogP contribution in [0.25, 0.3) is 0 Å². The summed E-state index contributed by atoms with van der Waals surface area (Å²) in [6.07, 6.45) is 4.50. The summed E-state index contributed by atoms with van der Waals surface area (Å²) in [4.78, 5) is 18.1. The van der Waals surface area contributed by atoms with Crippen LogP contribution in [0, 0.1) is 5.82 Å². The standard InChI is InChI=1S/C17H18FN3O/c18-16-6-2-1-4-13(16)10-17(22)21-9-7-15(12-21)20-14-5-3-8-19-11-14/h1-6,8,11,15,20H,7,9-10,12H2. The van der Waals surface area contributed by atoms with Crippen LogP contribution in [0.5, 0.6) is 0 Å². The molecule has 0 bridgehead atoms. The van der Waals surface area contributed by atoms with Crippen molar-refractivity contribution in [2.75, 3.05) is 18.4 Å². The highest BCUT2D eigenvalue weighted by Gasteiger charge is 2.26. The molecule has 114 valence electrons. The number of pyridine rings is 1. The lowest BCUT2D eigenvalue weighted by atomic mass is 10.1. The number of benzene rings is 1. The number of aromatic nitrogens is 1. The van der Waals surface area contributed by atoms with Gasteiger partial charge in [-0.25, -0.2) is 4.39 Å². The number of nitrogens with zero attached hydrogens (tertiary/aromatic N) is 2. The van der Waals surface area contributed by atoms with E-state index in [2.05, 4.69) is 10.3 Å². The molecule has 0 spiro atoms. The monoisotopic (exact) mass is 299 g/mol. The Morgan fingerprint density at radius 2 is 2.18 bits per heavy atom. The molecule has 2 heterocycles. The van der Waals surface area contributed by atoms with Gasteiger partial charge in [0.15, 0.2) is 0 Å². The predicted octanol–water partition coefficient (Wildman–Crippen LogP) is 2.48. The number of anilines is 1. The molecule has 1 N–H and O–H groups in total. The number of likely N-dealkylation sites (tertiary alicyclic amines) is 1. The molecular weight excluding hydrogens is 281 g/mol. The summed E-state index contributed by atoms with van der Waals surface area (Å²) in [6.45, 7) is 1.34. The minimum Gasteiger partial charge on any atom is -0.379 e. The van der Waals surface area contributed by atoms with Crippen molar-refractivity contribution in [2.45, 2.75) is 18.9 Å². The predicted molar refractivity (Wildman–Crippen MR) is 82.9 cm³/mol. The summed E-state index contributed by atoms with van der Waals surface area (Å²) < 4.78 is 13.6. The zero-order chi connectivity index (χ0) is 15.4. The van der Waals surface area contributed by atoms with Gasteiger partial charge < -0.3 is 10.2 Å². The van der Waals surface area contributed by atoms with Gasteiger partial charge in [0.1, 0.15) is 5.82 Å². The van der Waals surface area contributed by atoms with Gasteiger partial charge in [-0.3, -0.25) is 9.78 Å². The highest BCUT2D eigenvalue weighted by molar-refractivity contribution is 5.79. The molecule has 4 nitrogen and oxygen atoms in total. The molecule has 1 amide bonds. The van der Waals surface area contributed by atoms with Crippen LogP contribution in [-0.4, -0.2) is 34.9 Å². The maximum atomic E-state index is 13.6. The molecule has 0 saturated carbocycles. The second kappa shape index (κ2) is 6.56. The molecule has 1 aromatic carbocycles. The number of carbonyl (C=O) groups excluding carboxylic acids is 1. The molecule has 0 radical (unpaired) electrons. The molecule has 5 heteroatoms. The van der Waals surface area contributed by atoms with Crippen LogP contribution in [0.1, 0.15) is 12.0 Å². The van der Waals surface area contributed by atoms with E-state index in [1.54, 1.807) is 35.5 Å². The highest BCUT2D eigenvalue weighted by atomic mass is 19.1. The van der Waals surface area contributed by atoms with Crippen LogP contribution >= 0.6 is 0 Å². The highest BCUT2D eigenvalue weighted by Crippen LogP contribution is 2.17. The normalized spacial score (nSPS) is 17.5. The van der Waals surface area contributed by atoms with E-state index in [4.69, 9.17) is 0 Å². The largest absolute Gasteiger partial charge is 0.379 e. The van der Waals surface area contributed by atoms with Crippen LogP contribution in [-0.2, 0) is 11.2 Å². The summed E-state index contributed by atoms with van der Waals surface area (Å²) in [5, 5.41) is 3.37. The van der Waals surface area contributed by atoms with Crippen molar-refractivity contribution in [3.63, 3.8) is 0 Å². The number of hydrogen-bond donors (Lipinski definition) is 1. The van der Waals surface area contributed by atoms with E-state index in [1.807, 2.05) is 12.1 Å². The van der Waals surface area contributed by atoms with Crippen molar-refractivity contribution in [3.05, 3.63) is 60.2 Å². The Kier molecular flexibility index (Phi) is 4.32. The summed E-state index contributed by atoms with van der Waals surface area (Å²) in [5.41, 5.74) is 1.41. The van der Waals surface area contributed by atoms with Crippen molar-refractivity contribution in [3.8, 4) is 0 Å². The minimum atomic E-state index is -0.319. The zero-order valence-electron chi connectivity index (χ0n) is 12.2. The fraction of sp³-hybridized carbons (Fsp3) is 0.294. The maximum absolute atomic E-state index is 13.6. The molecule has 3 rings (SSSR count). The number of hydrogen-bond acceptors (Lipinski definition) is 3. The van der Waals surface area contributed by atoms with Gasteiger partial charge >= 0.3 is 0 Å². The Balaban J connectivity index is 1.56. The molecular formula is C17H18FN3O. The van der Waals surface area contributed by atoms with Crippen LogP contribution in [0.2, 0.25) is 0 Å². The van der Waals surface area contributed by atoms with Gasteiger partial charge in [0, 0.05) is 31.5 Å². The topological polar surface area (TPSA) is 45.2 Å². The quantitative estimate of drug-likeness (QED) is 0.943. The van der Waals surface area contributed by atoms with Crippen molar-refractivity contribution in [1.82, 2.24) is 9.88 Å². The van der Waals surface area contributed by atoms with Gasteiger partial charge in [-0.2, -0.15) is 0 Å². The van der Waals surface area contributed by atoms with Crippen LogP contribution < -0.4 is 5.32 Å². The summed E-state index contributed by atoms with van der Waals surface area (Å²) >= 11 is 0. The van der Waals surface area contributed by atoms with Gasteiger partial charge in [-0.05, 0) is 30.2 Å². The molecule has 2 aromatic rings. The summed E-state index contributed by atoms with van der Waals surface area (Å²) in [7, 11) is 0. The first-order chi connectivity index (χ1) is 10.7. The lowest BCUT2D eigenvalue weighted by molar-refractivity contribution is -0.129. The molecule has 1 unspecified atom stereocenters. The number of halogens is 1. The summed E-state index contributed by atoms with van der Waals surface area (Å²) in [5.74, 6) is -0.347.